The number of rotatable bonds is 4. The van der Waals surface area contributed by atoms with Gasteiger partial charge in [0.15, 0.2) is 11.5 Å². The maximum Gasteiger partial charge on any atom is 0.256 e. The van der Waals surface area contributed by atoms with E-state index in [4.69, 9.17) is 21.1 Å². The molecule has 0 aliphatic carbocycles. The molecular weight excluding hydrogens is 360 g/mol. The van der Waals surface area contributed by atoms with Crippen molar-refractivity contribution in [1.82, 2.24) is 9.88 Å². The molecule has 7 heteroatoms. The summed E-state index contributed by atoms with van der Waals surface area (Å²) in [6.07, 6.45) is 3.55. The number of fused-ring (bicyclic) bond motifs is 1. The van der Waals surface area contributed by atoms with E-state index in [2.05, 4.69) is 4.98 Å². The minimum absolute atomic E-state index is 0.0570. The molecule has 0 spiro atoms. The first-order valence-corrected chi connectivity index (χ1v) is 8.88. The summed E-state index contributed by atoms with van der Waals surface area (Å²) in [4.78, 5) is 18.5. The van der Waals surface area contributed by atoms with Gasteiger partial charge in [-0.05, 0) is 29.8 Å². The van der Waals surface area contributed by atoms with E-state index in [0.717, 1.165) is 21.8 Å². The first-order chi connectivity index (χ1) is 12.1. The second-order valence-corrected chi connectivity index (χ2v) is 7.45. The predicted molar refractivity (Wildman–Crippen MR) is 97.5 cm³/mol. The van der Waals surface area contributed by atoms with Gasteiger partial charge < -0.3 is 19.4 Å². The Morgan fingerprint density at radius 3 is 2.88 bits per heavy atom. The number of amides is 1. The largest absolute Gasteiger partial charge is 0.454 e. The van der Waals surface area contributed by atoms with Crippen LogP contribution in [0.5, 0.6) is 11.5 Å². The molecule has 0 radical (unpaired) electrons. The number of aromatic nitrogens is 1. The second kappa shape index (κ2) is 6.46. The molecule has 1 aliphatic heterocycles. The summed E-state index contributed by atoms with van der Waals surface area (Å²) in [5, 5.41) is 0. The van der Waals surface area contributed by atoms with Gasteiger partial charge in [-0.1, -0.05) is 17.7 Å². The molecule has 1 aliphatic rings. The molecule has 3 heterocycles. The molecule has 0 fully saturated rings. The van der Waals surface area contributed by atoms with Crippen LogP contribution in [-0.4, -0.2) is 29.6 Å². The number of halogens is 1. The molecule has 0 atom stereocenters. The summed E-state index contributed by atoms with van der Waals surface area (Å²) in [6.45, 7) is 0.717. The highest BCUT2D eigenvalue weighted by Gasteiger charge is 2.20. The van der Waals surface area contributed by atoms with Crippen LogP contribution in [0.1, 0.15) is 15.9 Å². The van der Waals surface area contributed by atoms with E-state index in [1.54, 1.807) is 18.1 Å². The van der Waals surface area contributed by atoms with Gasteiger partial charge >= 0.3 is 0 Å². The average molecular weight is 375 g/mol. The van der Waals surface area contributed by atoms with Crippen LogP contribution in [0.4, 0.5) is 0 Å². The van der Waals surface area contributed by atoms with E-state index in [9.17, 15) is 4.79 Å². The zero-order valence-corrected chi connectivity index (χ0v) is 15.0. The third-order valence-corrected chi connectivity index (χ3v) is 5.28. The van der Waals surface area contributed by atoms with Gasteiger partial charge in [-0.2, -0.15) is 0 Å². The number of hydrogen-bond acceptors (Lipinski definition) is 4. The van der Waals surface area contributed by atoms with Crippen LogP contribution in [0, 0.1) is 0 Å². The van der Waals surface area contributed by atoms with Gasteiger partial charge in [-0.15, -0.1) is 11.3 Å². The topological polar surface area (TPSA) is 54.6 Å². The van der Waals surface area contributed by atoms with Crippen molar-refractivity contribution in [2.24, 2.45) is 0 Å². The number of benzene rings is 1. The van der Waals surface area contributed by atoms with Crippen molar-refractivity contribution in [3.05, 3.63) is 58.2 Å². The SMILES string of the molecule is CN(Cc1ccc2c(c1)OCO2)C(=O)c1c[nH]cc1-c1ccc(Cl)s1. The number of thiophene rings is 1. The number of nitrogens with zero attached hydrogens (tertiary/aromatic N) is 1. The highest BCUT2D eigenvalue weighted by Crippen LogP contribution is 2.34. The van der Waals surface area contributed by atoms with Crippen molar-refractivity contribution in [3.63, 3.8) is 0 Å². The summed E-state index contributed by atoms with van der Waals surface area (Å²) >= 11 is 7.47. The summed E-state index contributed by atoms with van der Waals surface area (Å²) in [5.74, 6) is 1.40. The molecule has 5 nitrogen and oxygen atoms in total. The minimum atomic E-state index is -0.0570. The lowest BCUT2D eigenvalue weighted by Gasteiger charge is -2.17. The highest BCUT2D eigenvalue weighted by atomic mass is 35.5. The van der Waals surface area contributed by atoms with E-state index in [0.29, 0.717) is 22.2 Å². The number of H-pyrrole nitrogens is 1. The second-order valence-electron chi connectivity index (χ2n) is 5.74. The van der Waals surface area contributed by atoms with Gasteiger partial charge in [0.1, 0.15) is 0 Å². The quantitative estimate of drug-likeness (QED) is 0.736. The third kappa shape index (κ3) is 3.10. The summed E-state index contributed by atoms with van der Waals surface area (Å²) in [6, 6.07) is 9.47. The Kier molecular flexibility index (Phi) is 4.15. The molecule has 2 aromatic heterocycles. The lowest BCUT2D eigenvalue weighted by atomic mass is 10.1. The molecule has 0 unspecified atom stereocenters. The Morgan fingerprint density at radius 2 is 2.08 bits per heavy atom. The van der Waals surface area contributed by atoms with Gasteiger partial charge in [0.2, 0.25) is 6.79 Å². The Labute approximate surface area is 153 Å². The molecule has 0 saturated heterocycles. The molecule has 4 rings (SSSR count). The fraction of sp³-hybridized carbons (Fsp3) is 0.167. The Bertz CT molecular complexity index is 934. The van der Waals surface area contributed by atoms with Crippen molar-refractivity contribution in [2.45, 2.75) is 6.54 Å². The highest BCUT2D eigenvalue weighted by molar-refractivity contribution is 7.19. The van der Waals surface area contributed by atoms with Crippen LogP contribution in [-0.2, 0) is 6.54 Å². The lowest BCUT2D eigenvalue weighted by Crippen LogP contribution is -2.26. The Morgan fingerprint density at radius 1 is 1.24 bits per heavy atom. The molecule has 128 valence electrons. The van der Waals surface area contributed by atoms with Crippen molar-refractivity contribution in [2.75, 3.05) is 13.8 Å². The number of aromatic amines is 1. The van der Waals surface area contributed by atoms with Crippen LogP contribution in [0.2, 0.25) is 4.34 Å². The van der Waals surface area contributed by atoms with Gasteiger partial charge in [-0.25, -0.2) is 0 Å². The number of hydrogen-bond donors (Lipinski definition) is 1. The maximum atomic E-state index is 12.9. The zero-order valence-electron chi connectivity index (χ0n) is 13.4. The van der Waals surface area contributed by atoms with E-state index in [1.807, 2.05) is 36.5 Å². The minimum Gasteiger partial charge on any atom is -0.454 e. The molecule has 0 bridgehead atoms. The maximum absolute atomic E-state index is 12.9. The number of carbonyl (C=O) groups excluding carboxylic acids is 1. The molecule has 25 heavy (non-hydrogen) atoms. The fourth-order valence-corrected chi connectivity index (χ4v) is 3.87. The molecule has 0 saturated carbocycles. The normalized spacial score (nSPS) is 12.4. The third-order valence-electron chi connectivity index (χ3n) is 4.02. The predicted octanol–water partition coefficient (Wildman–Crippen LogP) is 4.40. The van der Waals surface area contributed by atoms with Crippen LogP contribution >= 0.6 is 22.9 Å². The molecule has 3 aromatic rings. The van der Waals surface area contributed by atoms with Crippen LogP contribution < -0.4 is 9.47 Å². The summed E-state index contributed by atoms with van der Waals surface area (Å²) in [7, 11) is 1.78. The standard InChI is InChI=1S/C18H15ClN2O3S/c1-21(9-11-2-3-14-15(6-11)24-10-23-14)18(22)13-8-20-7-12(13)16-4-5-17(19)25-16/h2-8,20H,9-10H2,1H3. The van der Waals surface area contributed by atoms with Crippen LogP contribution in [0.15, 0.2) is 42.7 Å². The number of ether oxygens (including phenoxy) is 2. The number of carbonyl (C=O) groups is 1. The molecule has 1 aromatic carbocycles. The number of nitrogens with one attached hydrogen (secondary N) is 1. The van der Waals surface area contributed by atoms with E-state index < -0.39 is 0 Å². The van der Waals surface area contributed by atoms with Gasteiger partial charge in [0.25, 0.3) is 5.91 Å². The molecular formula is C18H15ClN2O3S. The van der Waals surface area contributed by atoms with Crippen molar-refractivity contribution in [1.29, 1.82) is 0 Å². The van der Waals surface area contributed by atoms with Crippen molar-refractivity contribution in [3.8, 4) is 21.9 Å². The van der Waals surface area contributed by atoms with Crippen molar-refractivity contribution >= 4 is 28.8 Å². The first-order valence-electron chi connectivity index (χ1n) is 7.68. The fourth-order valence-electron chi connectivity index (χ4n) is 2.79. The van der Waals surface area contributed by atoms with E-state index in [-0.39, 0.29) is 12.7 Å². The Balaban J connectivity index is 1.54. The smallest absolute Gasteiger partial charge is 0.256 e. The average Bonchev–Trinajstić information content (AvgIpc) is 3.33. The zero-order chi connectivity index (χ0) is 17.4. The van der Waals surface area contributed by atoms with E-state index >= 15 is 0 Å². The van der Waals surface area contributed by atoms with Crippen LogP contribution in [0.25, 0.3) is 10.4 Å². The monoisotopic (exact) mass is 374 g/mol. The van der Waals surface area contributed by atoms with E-state index in [1.165, 1.54) is 11.3 Å². The first kappa shape index (κ1) is 16.1. The summed E-state index contributed by atoms with van der Waals surface area (Å²) < 4.78 is 11.4. The molecule has 1 N–H and O–H groups in total. The van der Waals surface area contributed by atoms with Crippen molar-refractivity contribution < 1.29 is 14.3 Å². The lowest BCUT2D eigenvalue weighted by molar-refractivity contribution is 0.0786. The Hall–Kier alpha value is -2.44. The van der Waals surface area contributed by atoms with Gasteiger partial charge in [0.05, 0.1) is 9.90 Å². The summed E-state index contributed by atoms with van der Waals surface area (Å²) in [5.41, 5.74) is 2.47. The van der Waals surface area contributed by atoms with Gasteiger partial charge in [0, 0.05) is 36.4 Å². The van der Waals surface area contributed by atoms with Gasteiger partial charge in [-0.3, -0.25) is 4.79 Å². The van der Waals surface area contributed by atoms with Crippen LogP contribution in [0.3, 0.4) is 0 Å². The molecule has 1 amide bonds.